The zero-order valence-corrected chi connectivity index (χ0v) is 14.2. The molecule has 0 spiro atoms. The lowest BCUT2D eigenvalue weighted by Gasteiger charge is -2.36. The fraction of sp³-hybridized carbons (Fsp3) is 0.591. The molecule has 0 aromatic heterocycles. The minimum absolute atomic E-state index is 0.574. The molecule has 0 amide bonds. The van der Waals surface area contributed by atoms with Gasteiger partial charge in [0, 0.05) is 11.5 Å². The van der Waals surface area contributed by atoms with Gasteiger partial charge >= 0.3 is 0 Å². The van der Waals surface area contributed by atoms with Crippen LogP contribution < -0.4 is 0 Å². The molecule has 0 heterocycles. The van der Waals surface area contributed by atoms with E-state index in [-0.39, 0.29) is 0 Å². The Morgan fingerprint density at radius 1 is 0.783 bits per heavy atom. The molecule has 0 aliphatic heterocycles. The van der Waals surface area contributed by atoms with E-state index in [4.69, 9.17) is 5.26 Å². The van der Waals surface area contributed by atoms with E-state index in [2.05, 4.69) is 24.8 Å². The molecule has 3 rings (SSSR count). The lowest BCUT2D eigenvalue weighted by Crippen LogP contribution is -2.24. The van der Waals surface area contributed by atoms with Crippen molar-refractivity contribution in [2.75, 3.05) is 0 Å². The average molecular weight is 305 g/mol. The summed E-state index contributed by atoms with van der Waals surface area (Å²) in [7, 11) is 0. The summed E-state index contributed by atoms with van der Waals surface area (Å²) in [6, 6.07) is 9.77. The molecule has 0 N–H and O–H groups in total. The Hall–Kier alpha value is -1.73. The van der Waals surface area contributed by atoms with E-state index >= 15 is 0 Å². The van der Waals surface area contributed by atoms with Crippen LogP contribution in [0.3, 0.4) is 0 Å². The predicted molar refractivity (Wildman–Crippen MR) is 94.6 cm³/mol. The van der Waals surface area contributed by atoms with Crippen molar-refractivity contribution in [1.82, 2.24) is 0 Å². The first-order chi connectivity index (χ1) is 11.2. The fourth-order valence-corrected chi connectivity index (χ4v) is 4.31. The van der Waals surface area contributed by atoms with Gasteiger partial charge in [0.2, 0.25) is 0 Å². The molecule has 1 nitrogen and oxygen atoms in total. The van der Waals surface area contributed by atoms with Crippen molar-refractivity contribution in [1.29, 1.82) is 5.26 Å². The van der Waals surface area contributed by atoms with Gasteiger partial charge in [0.05, 0.1) is 11.6 Å². The molecule has 0 saturated heterocycles. The molecule has 1 aromatic carbocycles. The van der Waals surface area contributed by atoms with Crippen molar-refractivity contribution >= 4 is 0 Å². The zero-order chi connectivity index (χ0) is 16.1. The summed E-state index contributed by atoms with van der Waals surface area (Å²) in [6.45, 7) is 2.41. The molecule has 1 heteroatoms. The summed E-state index contributed by atoms with van der Waals surface area (Å²) in [5.41, 5.74) is 1.74. The molecule has 1 aromatic rings. The van der Waals surface area contributed by atoms with Gasteiger partial charge < -0.3 is 0 Å². The minimum atomic E-state index is 0.574. The Labute approximate surface area is 141 Å². The summed E-state index contributed by atoms with van der Waals surface area (Å²) in [5.74, 6) is 10.3. The molecule has 0 unspecified atom stereocenters. The number of benzene rings is 1. The number of rotatable bonds is 1. The zero-order valence-electron chi connectivity index (χ0n) is 14.2. The highest BCUT2D eigenvalue weighted by atomic mass is 14.3. The van der Waals surface area contributed by atoms with Gasteiger partial charge in [-0.15, -0.1) is 0 Å². The molecule has 23 heavy (non-hydrogen) atoms. The van der Waals surface area contributed by atoms with E-state index in [1.54, 1.807) is 0 Å². The van der Waals surface area contributed by atoms with Crippen LogP contribution in [0, 0.1) is 46.8 Å². The third kappa shape index (κ3) is 4.39. The lowest BCUT2D eigenvalue weighted by atomic mass is 9.69. The van der Waals surface area contributed by atoms with Gasteiger partial charge in [-0.3, -0.25) is 0 Å². The number of hydrogen-bond donors (Lipinski definition) is 0. The quantitative estimate of drug-likeness (QED) is 0.625. The van der Waals surface area contributed by atoms with Crippen LogP contribution >= 0.6 is 0 Å². The maximum absolute atomic E-state index is 8.82. The van der Waals surface area contributed by atoms with Crippen LogP contribution in [0.2, 0.25) is 0 Å². The summed E-state index contributed by atoms with van der Waals surface area (Å²) in [4.78, 5) is 0. The normalized spacial score (nSPS) is 30.8. The first kappa shape index (κ1) is 16.1. The molecular formula is C22H27N. The first-order valence-electron chi connectivity index (χ1n) is 9.26. The van der Waals surface area contributed by atoms with Crippen molar-refractivity contribution in [3.8, 4) is 17.9 Å². The van der Waals surface area contributed by atoms with Crippen molar-refractivity contribution in [3.63, 3.8) is 0 Å². The standard InChI is InChI=1S/C22H27N/c1-17-2-12-21(13-3-17)22-14-10-19(11-15-22)5-4-18-6-8-20(16-23)9-7-18/h6-9,17,19,21-22H,2-3,10-15H2,1H3. The van der Waals surface area contributed by atoms with E-state index in [0.29, 0.717) is 11.5 Å². The Morgan fingerprint density at radius 2 is 1.30 bits per heavy atom. The van der Waals surface area contributed by atoms with E-state index in [1.165, 1.54) is 51.4 Å². The van der Waals surface area contributed by atoms with E-state index in [0.717, 1.165) is 23.3 Å². The second-order valence-corrected chi connectivity index (χ2v) is 7.59. The summed E-state index contributed by atoms with van der Waals surface area (Å²) >= 11 is 0. The smallest absolute Gasteiger partial charge is 0.0991 e. The van der Waals surface area contributed by atoms with E-state index in [9.17, 15) is 0 Å². The molecule has 2 aliphatic rings. The number of nitriles is 1. The third-order valence-corrected chi connectivity index (χ3v) is 5.93. The molecule has 2 fully saturated rings. The number of hydrogen-bond acceptors (Lipinski definition) is 1. The predicted octanol–water partition coefficient (Wildman–Crippen LogP) is 5.54. The highest BCUT2D eigenvalue weighted by molar-refractivity contribution is 5.40. The molecule has 120 valence electrons. The van der Waals surface area contributed by atoms with Gasteiger partial charge in [0.15, 0.2) is 0 Å². The van der Waals surface area contributed by atoms with Crippen LogP contribution in [0.4, 0.5) is 0 Å². The second kappa shape index (κ2) is 7.70. The Morgan fingerprint density at radius 3 is 1.87 bits per heavy atom. The monoisotopic (exact) mass is 305 g/mol. The largest absolute Gasteiger partial charge is 0.192 e. The molecule has 2 saturated carbocycles. The van der Waals surface area contributed by atoms with Crippen LogP contribution in [0.5, 0.6) is 0 Å². The minimum Gasteiger partial charge on any atom is -0.192 e. The SMILES string of the molecule is CC1CCC(C2CCC(C#Cc3ccc(C#N)cc3)CC2)CC1. The lowest BCUT2D eigenvalue weighted by molar-refractivity contribution is 0.162. The van der Waals surface area contributed by atoms with Crippen molar-refractivity contribution in [2.24, 2.45) is 23.7 Å². The molecule has 2 aliphatic carbocycles. The molecule has 0 bridgehead atoms. The number of nitrogens with zero attached hydrogens (tertiary/aromatic N) is 1. The molecule has 0 atom stereocenters. The topological polar surface area (TPSA) is 23.8 Å². The Kier molecular flexibility index (Phi) is 5.40. The summed E-state index contributed by atoms with van der Waals surface area (Å²) in [6.07, 6.45) is 11.1. The molecule has 0 radical (unpaired) electrons. The van der Waals surface area contributed by atoms with Crippen LogP contribution in [-0.4, -0.2) is 0 Å². The van der Waals surface area contributed by atoms with E-state index in [1.807, 2.05) is 24.3 Å². The van der Waals surface area contributed by atoms with Crippen LogP contribution in [-0.2, 0) is 0 Å². The van der Waals surface area contributed by atoms with Crippen molar-refractivity contribution < 1.29 is 0 Å². The van der Waals surface area contributed by atoms with Crippen LogP contribution in [0.15, 0.2) is 24.3 Å². The summed E-state index contributed by atoms with van der Waals surface area (Å²) < 4.78 is 0. The first-order valence-corrected chi connectivity index (χ1v) is 9.26. The fourth-order valence-electron chi connectivity index (χ4n) is 4.31. The Bertz CT molecular complexity index is 594. The van der Waals surface area contributed by atoms with Crippen molar-refractivity contribution in [3.05, 3.63) is 35.4 Å². The van der Waals surface area contributed by atoms with Crippen LogP contribution in [0.1, 0.15) is 69.4 Å². The second-order valence-electron chi connectivity index (χ2n) is 7.59. The van der Waals surface area contributed by atoms with Crippen LogP contribution in [0.25, 0.3) is 0 Å². The third-order valence-electron chi connectivity index (χ3n) is 5.93. The highest BCUT2D eigenvalue weighted by Gasteiger charge is 2.29. The molecular weight excluding hydrogens is 278 g/mol. The van der Waals surface area contributed by atoms with Gasteiger partial charge in [-0.05, 0) is 80.5 Å². The van der Waals surface area contributed by atoms with Gasteiger partial charge in [-0.1, -0.05) is 31.6 Å². The van der Waals surface area contributed by atoms with Gasteiger partial charge in [0.1, 0.15) is 0 Å². The highest BCUT2D eigenvalue weighted by Crippen LogP contribution is 2.41. The van der Waals surface area contributed by atoms with Crippen molar-refractivity contribution in [2.45, 2.75) is 58.3 Å². The van der Waals surface area contributed by atoms with Gasteiger partial charge in [-0.2, -0.15) is 5.26 Å². The average Bonchev–Trinajstić information content (AvgIpc) is 2.61. The van der Waals surface area contributed by atoms with E-state index < -0.39 is 0 Å². The maximum atomic E-state index is 8.82. The van der Waals surface area contributed by atoms with Gasteiger partial charge in [0.25, 0.3) is 0 Å². The maximum Gasteiger partial charge on any atom is 0.0991 e. The van der Waals surface area contributed by atoms with Gasteiger partial charge in [-0.25, -0.2) is 0 Å². The Balaban J connectivity index is 1.49. The summed E-state index contributed by atoms with van der Waals surface area (Å²) in [5, 5.41) is 8.82.